The molecule has 0 aromatic rings. The van der Waals surface area contributed by atoms with Crippen LogP contribution in [0.3, 0.4) is 0 Å². The van der Waals surface area contributed by atoms with Gasteiger partial charge >= 0.3 is 46.7 Å². The van der Waals surface area contributed by atoms with Crippen LogP contribution < -0.4 is 0 Å². The zero-order valence-electron chi connectivity index (χ0n) is 3.84. The Morgan fingerprint density at radius 2 is 1.44 bits per heavy atom. The fourth-order valence-electron chi connectivity index (χ4n) is 0.143. The summed E-state index contributed by atoms with van der Waals surface area (Å²) < 4.78 is 45.9. The van der Waals surface area contributed by atoms with Crippen molar-refractivity contribution in [2.24, 2.45) is 0 Å². The second-order valence-electron chi connectivity index (χ2n) is 1.09. The van der Waals surface area contributed by atoms with Gasteiger partial charge < -0.3 is 0 Å². The molecule has 0 aliphatic heterocycles. The van der Waals surface area contributed by atoms with E-state index in [0.717, 1.165) is 0 Å². The van der Waals surface area contributed by atoms with Gasteiger partial charge in [-0.05, 0) is 0 Å². The molecule has 0 aliphatic rings. The molecule has 0 radical (unpaired) electrons. The minimum absolute atomic E-state index is 2.20. The second-order valence-corrected chi connectivity index (χ2v) is 2.62. The molecule has 0 rings (SSSR count). The molecule has 0 aliphatic carbocycles. The summed E-state index contributed by atoms with van der Waals surface area (Å²) in [5.41, 5.74) is 0. The third kappa shape index (κ3) is 8.09. The molecular formula is H2BF4O3P. The molecule has 56 valence electrons. The van der Waals surface area contributed by atoms with Crippen molar-refractivity contribution >= 4 is 15.4 Å². The molecule has 9 heteroatoms. The fourth-order valence-corrected chi connectivity index (χ4v) is 0.428. The minimum atomic E-state index is -8.17. The van der Waals surface area contributed by atoms with E-state index in [9.17, 15) is 16.8 Å². The fraction of sp³-hybridized carbons (Fsp3) is 0. The van der Waals surface area contributed by atoms with E-state index in [-0.39, 0.29) is 0 Å². The Kier molecular flexibility index (Phi) is 2.07. The van der Waals surface area contributed by atoms with E-state index in [1.807, 2.05) is 0 Å². The van der Waals surface area contributed by atoms with Crippen molar-refractivity contribution in [1.29, 1.82) is 0 Å². The topological polar surface area (TPSA) is 49.7 Å². The van der Waals surface area contributed by atoms with Gasteiger partial charge in [0.1, 0.15) is 0 Å². The Labute approximate surface area is 47.9 Å². The maximum atomic E-state index is 10.9. The number of halogens is 4. The molecule has 0 atom stereocenters. The molecule has 2 N–H and O–H groups in total. The van der Waals surface area contributed by atoms with Crippen molar-refractivity contribution in [2.75, 3.05) is 0 Å². The van der Waals surface area contributed by atoms with Crippen LogP contribution in [0.1, 0.15) is 0 Å². The molecule has 0 saturated carbocycles. The molecule has 0 unspecified atom stereocenters. The third-order valence-corrected chi connectivity index (χ3v) is 0.761. The first-order chi connectivity index (χ1) is 3.67. The average Bonchev–Trinajstić information content (AvgIpc) is 1.16. The predicted molar refractivity (Wildman–Crippen MR) is 22.6 cm³/mol. The van der Waals surface area contributed by atoms with E-state index >= 15 is 0 Å². The van der Waals surface area contributed by atoms with Crippen LogP contribution >= 0.6 is 8.07 Å². The van der Waals surface area contributed by atoms with Gasteiger partial charge in [0, 0.05) is 0 Å². The van der Waals surface area contributed by atoms with E-state index in [0.29, 0.717) is 0 Å². The van der Waals surface area contributed by atoms with Crippen molar-refractivity contribution in [2.45, 2.75) is 0 Å². The summed E-state index contributed by atoms with van der Waals surface area (Å²) in [4.78, 5) is 0. The summed E-state index contributed by atoms with van der Waals surface area (Å²) >= 11 is 0. The van der Waals surface area contributed by atoms with Gasteiger partial charge in [-0.25, -0.2) is 0 Å². The van der Waals surface area contributed by atoms with Crippen LogP contribution in [0.5, 0.6) is 0 Å². The van der Waals surface area contributed by atoms with Gasteiger partial charge in [0.15, 0.2) is 0 Å². The first-order valence-corrected chi connectivity index (χ1v) is 3.33. The Balaban J connectivity index is 3.89. The summed E-state index contributed by atoms with van der Waals surface area (Å²) in [6, 6.07) is 0. The normalized spacial score (nSPS) is 16.4. The quantitative estimate of drug-likeness (QED) is 0.366. The molecular weight excluding hydrogens is 166 g/mol. The van der Waals surface area contributed by atoms with Crippen molar-refractivity contribution in [1.82, 2.24) is 0 Å². The maximum absolute atomic E-state index is 10.9. The number of rotatable bonds is 2. The van der Waals surface area contributed by atoms with E-state index in [1.165, 1.54) is 0 Å². The monoisotopic (exact) mass is 168 g/mol. The van der Waals surface area contributed by atoms with Gasteiger partial charge in [0.05, 0.1) is 0 Å². The third-order valence-electron chi connectivity index (χ3n) is 0.254. The van der Waals surface area contributed by atoms with Crippen LogP contribution in [0.2, 0.25) is 0 Å². The van der Waals surface area contributed by atoms with Crippen LogP contribution in [-0.4, -0.2) is 17.4 Å². The Morgan fingerprint density at radius 1 is 1.11 bits per heavy atom. The van der Waals surface area contributed by atoms with Gasteiger partial charge in [-0.15, -0.1) is 0 Å². The van der Waals surface area contributed by atoms with Crippen LogP contribution in [-0.2, 0) is 4.44 Å². The van der Waals surface area contributed by atoms with Crippen molar-refractivity contribution in [3.8, 4) is 0 Å². The van der Waals surface area contributed by atoms with Crippen LogP contribution in [0.15, 0.2) is 0 Å². The van der Waals surface area contributed by atoms with Crippen LogP contribution in [0.4, 0.5) is 16.8 Å². The Bertz CT molecular complexity index is 96.9. The molecule has 0 fully saturated rings. The van der Waals surface area contributed by atoms with E-state index < -0.39 is 15.4 Å². The zero-order chi connectivity index (χ0) is 7.73. The number of hydrogen-bond donors (Lipinski definition) is 2. The first kappa shape index (κ1) is 9.09. The molecule has 3 nitrogen and oxygen atoms in total. The van der Waals surface area contributed by atoms with Crippen LogP contribution in [0, 0.1) is 0 Å². The number of hydrogen-bond acceptors (Lipinski definition) is 3. The van der Waals surface area contributed by atoms with E-state index in [2.05, 4.69) is 4.44 Å². The molecule has 0 aromatic heterocycles. The van der Waals surface area contributed by atoms with Crippen molar-refractivity contribution in [3.05, 3.63) is 0 Å². The van der Waals surface area contributed by atoms with E-state index in [4.69, 9.17) is 10.0 Å². The van der Waals surface area contributed by atoms with Gasteiger partial charge in [0.2, 0.25) is 0 Å². The molecule has 0 spiro atoms. The molecule has 0 saturated heterocycles. The Hall–Kier alpha value is 0.0949. The summed E-state index contributed by atoms with van der Waals surface area (Å²) in [5.74, 6) is 0. The summed E-state index contributed by atoms with van der Waals surface area (Å²) in [5, 5.41) is 14.9. The molecule has 0 heterocycles. The summed E-state index contributed by atoms with van der Waals surface area (Å²) in [6.07, 6.45) is 0. The summed E-state index contributed by atoms with van der Waals surface area (Å²) in [6.45, 7) is 0. The van der Waals surface area contributed by atoms with Gasteiger partial charge in [-0.1, -0.05) is 0 Å². The predicted octanol–water partition coefficient (Wildman–Crippen LogP) is 0.979. The van der Waals surface area contributed by atoms with Gasteiger partial charge in [-0.3, -0.25) is 0 Å². The van der Waals surface area contributed by atoms with Crippen molar-refractivity contribution in [3.63, 3.8) is 0 Å². The molecule has 0 bridgehead atoms. The van der Waals surface area contributed by atoms with Gasteiger partial charge in [-0.2, -0.15) is 0 Å². The van der Waals surface area contributed by atoms with E-state index in [1.54, 1.807) is 0 Å². The zero-order valence-corrected chi connectivity index (χ0v) is 4.73. The average molecular weight is 168 g/mol. The van der Waals surface area contributed by atoms with Crippen LogP contribution in [0.25, 0.3) is 0 Å². The molecule has 9 heavy (non-hydrogen) atoms. The SMILES string of the molecule is OB(O)OP(F)(F)(F)F. The standard InChI is InChI=1S/BF4H2O3P/c2-9(3,4,5)8-1(6)7/h6-7H. The van der Waals surface area contributed by atoms with Gasteiger partial charge in [0.25, 0.3) is 0 Å². The molecule has 0 amide bonds. The van der Waals surface area contributed by atoms with Crippen molar-refractivity contribution < 1.29 is 31.3 Å². The second kappa shape index (κ2) is 2.05. The Morgan fingerprint density at radius 3 is 1.44 bits per heavy atom. The summed E-state index contributed by atoms with van der Waals surface area (Å²) in [7, 11) is -11.3. The first-order valence-electron chi connectivity index (χ1n) is 1.61. The molecule has 0 aromatic carbocycles.